The van der Waals surface area contributed by atoms with Crippen LogP contribution in [0.15, 0.2) is 58.2 Å². The lowest BCUT2D eigenvalue weighted by atomic mass is 10.1. The smallest absolute Gasteiger partial charge is 0.252 e. The van der Waals surface area contributed by atoms with E-state index in [2.05, 4.69) is 31.2 Å². The van der Waals surface area contributed by atoms with Crippen LogP contribution in [0.2, 0.25) is 0 Å². The van der Waals surface area contributed by atoms with Crippen molar-refractivity contribution in [2.45, 2.75) is 23.8 Å². The number of sulfonamides is 1. The zero-order chi connectivity index (χ0) is 21.1. The third kappa shape index (κ3) is 4.66. The second-order valence-electron chi connectivity index (χ2n) is 7.43. The molecule has 2 aliphatic rings. The number of hydrazine groups is 1. The molecule has 0 saturated carbocycles. The minimum Gasteiger partial charge on any atom is -0.371 e. The summed E-state index contributed by atoms with van der Waals surface area (Å²) in [6, 6.07) is 10.7. The monoisotopic (exact) mass is 493 g/mol. The summed E-state index contributed by atoms with van der Waals surface area (Å²) in [5, 5.41) is 1.58. The lowest BCUT2D eigenvalue weighted by molar-refractivity contribution is -0.138. The average Bonchev–Trinajstić information content (AvgIpc) is 2.76. The van der Waals surface area contributed by atoms with Crippen LogP contribution in [0, 0.1) is 0 Å². The van der Waals surface area contributed by atoms with E-state index in [0.717, 1.165) is 36.1 Å². The molecule has 0 aliphatic carbocycles. The van der Waals surface area contributed by atoms with Crippen molar-refractivity contribution in [2.24, 2.45) is 0 Å². The first-order chi connectivity index (χ1) is 14.4. The number of benzene rings is 1. The highest BCUT2D eigenvalue weighted by Gasteiger charge is 2.34. The number of nitrogens with zero attached hydrogens (tertiary/aromatic N) is 4. The van der Waals surface area contributed by atoms with E-state index in [4.69, 9.17) is 0 Å². The highest BCUT2D eigenvalue weighted by molar-refractivity contribution is 9.10. The van der Waals surface area contributed by atoms with E-state index in [-0.39, 0.29) is 29.9 Å². The molecule has 2 aromatic rings. The molecule has 4 rings (SSSR count). The van der Waals surface area contributed by atoms with Crippen molar-refractivity contribution in [2.75, 3.05) is 37.6 Å². The van der Waals surface area contributed by atoms with Crippen LogP contribution >= 0.6 is 15.9 Å². The number of amides is 1. The number of pyridine rings is 1. The van der Waals surface area contributed by atoms with Gasteiger partial charge < -0.3 is 4.90 Å². The molecule has 0 atom stereocenters. The van der Waals surface area contributed by atoms with E-state index in [0.29, 0.717) is 6.54 Å². The Morgan fingerprint density at radius 3 is 2.27 bits per heavy atom. The summed E-state index contributed by atoms with van der Waals surface area (Å²) >= 11 is 3.31. The molecule has 2 saturated heterocycles. The third-order valence-electron chi connectivity index (χ3n) is 5.50. The fraction of sp³-hybridized carbons (Fsp3) is 0.400. The van der Waals surface area contributed by atoms with Crippen molar-refractivity contribution in [3.05, 3.63) is 53.3 Å². The zero-order valence-corrected chi connectivity index (χ0v) is 18.8. The maximum absolute atomic E-state index is 12.8. The highest BCUT2D eigenvalue weighted by atomic mass is 79.9. The molecule has 160 valence electrons. The Balaban J connectivity index is 1.31. The van der Waals surface area contributed by atoms with Gasteiger partial charge in [-0.05, 0) is 49.2 Å². The van der Waals surface area contributed by atoms with Gasteiger partial charge in [-0.1, -0.05) is 15.9 Å². The van der Waals surface area contributed by atoms with E-state index in [1.54, 1.807) is 41.7 Å². The number of hydrogen-bond donors (Lipinski definition) is 1. The molecule has 1 aromatic heterocycles. The van der Waals surface area contributed by atoms with Crippen LogP contribution in [0.4, 0.5) is 5.69 Å². The van der Waals surface area contributed by atoms with Crippen molar-refractivity contribution in [1.82, 2.24) is 19.7 Å². The second kappa shape index (κ2) is 9.01. The van der Waals surface area contributed by atoms with Gasteiger partial charge in [-0.3, -0.25) is 14.8 Å². The average molecular weight is 494 g/mol. The normalized spacial score (nSPS) is 19.3. The van der Waals surface area contributed by atoms with Crippen LogP contribution in [-0.4, -0.2) is 67.4 Å². The number of hydrogen-bond acceptors (Lipinski definition) is 6. The van der Waals surface area contributed by atoms with Gasteiger partial charge in [0.05, 0.1) is 18.0 Å². The van der Waals surface area contributed by atoms with E-state index in [1.807, 2.05) is 12.1 Å². The van der Waals surface area contributed by atoms with Gasteiger partial charge >= 0.3 is 0 Å². The molecule has 3 heterocycles. The number of piperazine rings is 1. The van der Waals surface area contributed by atoms with Crippen LogP contribution in [-0.2, 0) is 14.8 Å². The summed E-state index contributed by atoms with van der Waals surface area (Å²) in [7, 11) is -3.68. The van der Waals surface area contributed by atoms with Crippen LogP contribution in [0.3, 0.4) is 0 Å². The van der Waals surface area contributed by atoms with Gasteiger partial charge in [-0.15, -0.1) is 0 Å². The number of aromatic nitrogens is 1. The Morgan fingerprint density at radius 1 is 0.967 bits per heavy atom. The van der Waals surface area contributed by atoms with Gasteiger partial charge in [-0.2, -0.15) is 4.31 Å². The third-order valence-corrected chi connectivity index (χ3v) is 7.89. The summed E-state index contributed by atoms with van der Waals surface area (Å²) in [5.41, 5.74) is 4.47. The van der Waals surface area contributed by atoms with E-state index in [9.17, 15) is 13.2 Å². The molecule has 0 unspecified atom stereocenters. The number of carbonyl (C=O) groups is 1. The lowest BCUT2D eigenvalue weighted by Crippen LogP contribution is -2.60. The predicted octanol–water partition coefficient (Wildman–Crippen LogP) is 1.85. The molecule has 30 heavy (non-hydrogen) atoms. The molecular formula is C20H24BrN5O3S. The van der Waals surface area contributed by atoms with Gasteiger partial charge in [0.2, 0.25) is 10.0 Å². The minimum atomic E-state index is -3.68. The molecule has 10 heteroatoms. The molecule has 1 N–H and O–H groups in total. The van der Waals surface area contributed by atoms with Gasteiger partial charge in [0.15, 0.2) is 0 Å². The van der Waals surface area contributed by atoms with Crippen molar-refractivity contribution in [3.63, 3.8) is 0 Å². The van der Waals surface area contributed by atoms with Gasteiger partial charge in [-0.25, -0.2) is 13.8 Å². The van der Waals surface area contributed by atoms with Crippen molar-refractivity contribution in [3.8, 4) is 0 Å². The van der Waals surface area contributed by atoms with Crippen LogP contribution in [0.5, 0.6) is 0 Å². The Morgan fingerprint density at radius 2 is 1.63 bits per heavy atom. The number of rotatable bonds is 5. The number of nitrogens with one attached hydrogen (secondary N) is 1. The second-order valence-corrected chi connectivity index (χ2v) is 10.3. The molecular weight excluding hydrogens is 470 g/mol. The largest absolute Gasteiger partial charge is 0.371 e. The summed E-state index contributed by atoms with van der Waals surface area (Å²) in [6.07, 6.45) is 5.40. The van der Waals surface area contributed by atoms with Crippen LogP contribution < -0.4 is 10.3 Å². The predicted molar refractivity (Wildman–Crippen MR) is 117 cm³/mol. The molecule has 8 nitrogen and oxygen atoms in total. The number of carbonyl (C=O) groups excluding carboxylic acids is 1. The standard InChI is InChI=1S/C20H24BrN5O3S/c21-16-1-3-19(4-2-16)30(28,29)25-13-14-26(20(27)15-25)23-17-7-11-24(12-8-17)18-5-9-22-10-6-18/h1-6,9-10,17,23H,7-8,11-15H2. The summed E-state index contributed by atoms with van der Waals surface area (Å²) < 4.78 is 27.7. The van der Waals surface area contributed by atoms with E-state index >= 15 is 0 Å². The fourth-order valence-corrected chi connectivity index (χ4v) is 5.44. The summed E-state index contributed by atoms with van der Waals surface area (Å²) in [6.45, 7) is 2.25. The number of piperidine rings is 1. The molecule has 1 aromatic carbocycles. The fourth-order valence-electron chi connectivity index (χ4n) is 3.79. The van der Waals surface area contributed by atoms with Crippen molar-refractivity contribution in [1.29, 1.82) is 0 Å². The Kier molecular flexibility index (Phi) is 6.37. The molecule has 2 aliphatic heterocycles. The van der Waals surface area contributed by atoms with Gasteiger partial charge in [0, 0.05) is 48.2 Å². The molecule has 0 bridgehead atoms. The Bertz CT molecular complexity index is 979. The zero-order valence-electron chi connectivity index (χ0n) is 16.4. The maximum Gasteiger partial charge on any atom is 0.252 e. The molecule has 0 radical (unpaired) electrons. The summed E-state index contributed by atoms with van der Waals surface area (Å²) in [5.74, 6) is -0.224. The van der Waals surface area contributed by atoms with Gasteiger partial charge in [0.25, 0.3) is 5.91 Å². The van der Waals surface area contributed by atoms with Crippen molar-refractivity contribution < 1.29 is 13.2 Å². The number of halogens is 1. The SMILES string of the molecule is O=C1CN(S(=O)(=O)c2ccc(Br)cc2)CCN1NC1CCN(c2ccncc2)CC1. The summed E-state index contributed by atoms with van der Waals surface area (Å²) in [4.78, 5) is 19.2. The first kappa shape index (κ1) is 21.2. The maximum atomic E-state index is 12.8. The Labute approximate surface area is 185 Å². The topological polar surface area (TPSA) is 85.8 Å². The first-order valence-corrected chi connectivity index (χ1v) is 12.1. The lowest BCUT2D eigenvalue weighted by Gasteiger charge is -2.39. The molecule has 1 amide bonds. The molecule has 2 fully saturated rings. The highest BCUT2D eigenvalue weighted by Crippen LogP contribution is 2.22. The quantitative estimate of drug-likeness (QED) is 0.683. The van der Waals surface area contributed by atoms with Crippen molar-refractivity contribution >= 4 is 37.5 Å². The van der Waals surface area contributed by atoms with E-state index < -0.39 is 10.0 Å². The number of anilines is 1. The van der Waals surface area contributed by atoms with Gasteiger partial charge in [0.1, 0.15) is 0 Å². The molecule has 0 spiro atoms. The minimum absolute atomic E-state index is 0.152. The van der Waals surface area contributed by atoms with Crippen LogP contribution in [0.1, 0.15) is 12.8 Å². The van der Waals surface area contributed by atoms with Crippen LogP contribution in [0.25, 0.3) is 0 Å². The first-order valence-electron chi connectivity index (χ1n) is 9.91. The Hall–Kier alpha value is -2.01. The van der Waals surface area contributed by atoms with E-state index in [1.165, 1.54) is 4.31 Å².